The minimum atomic E-state index is -0.621. The molecule has 1 unspecified atom stereocenters. The van der Waals surface area contributed by atoms with Crippen LogP contribution >= 0.6 is 11.6 Å². The fraction of sp³-hybridized carbons (Fsp3) is 0.214. The molecule has 4 heteroatoms. The van der Waals surface area contributed by atoms with Crippen molar-refractivity contribution in [2.75, 3.05) is 7.11 Å². The molecule has 1 aromatic heterocycles. The number of pyridine rings is 1. The summed E-state index contributed by atoms with van der Waals surface area (Å²) >= 11 is 5.82. The summed E-state index contributed by atoms with van der Waals surface area (Å²) in [6.07, 6.45) is 3.13. The summed E-state index contributed by atoms with van der Waals surface area (Å²) in [5.41, 5.74) is 1.76. The first-order valence-corrected chi connectivity index (χ1v) is 5.99. The topological polar surface area (TPSA) is 42.4 Å². The average Bonchev–Trinajstić information content (AvgIpc) is 2.41. The number of aliphatic hydroxyl groups is 1. The molecule has 0 aliphatic heterocycles. The zero-order chi connectivity index (χ0) is 13.0. The molecule has 1 heterocycles. The SMILES string of the molecule is COc1cnccc1C(O)Cc1ccc(Cl)cc1. The molecule has 0 aliphatic rings. The zero-order valence-electron chi connectivity index (χ0n) is 10.0. The Labute approximate surface area is 111 Å². The van der Waals surface area contributed by atoms with Crippen LogP contribution in [0.15, 0.2) is 42.7 Å². The maximum Gasteiger partial charge on any atom is 0.142 e. The van der Waals surface area contributed by atoms with Gasteiger partial charge in [-0.15, -0.1) is 0 Å². The van der Waals surface area contributed by atoms with Gasteiger partial charge in [-0.05, 0) is 23.8 Å². The highest BCUT2D eigenvalue weighted by Gasteiger charge is 2.13. The van der Waals surface area contributed by atoms with Crippen molar-refractivity contribution >= 4 is 11.6 Å². The number of hydrogen-bond acceptors (Lipinski definition) is 3. The highest BCUT2D eigenvalue weighted by molar-refractivity contribution is 6.30. The molecule has 1 N–H and O–H groups in total. The molecule has 94 valence electrons. The number of nitrogens with zero attached hydrogens (tertiary/aromatic N) is 1. The summed E-state index contributed by atoms with van der Waals surface area (Å²) in [5, 5.41) is 10.9. The van der Waals surface area contributed by atoms with Crippen LogP contribution in [0.1, 0.15) is 17.2 Å². The van der Waals surface area contributed by atoms with Gasteiger partial charge in [0.25, 0.3) is 0 Å². The molecule has 18 heavy (non-hydrogen) atoms. The van der Waals surface area contributed by atoms with Crippen molar-refractivity contribution in [1.82, 2.24) is 4.98 Å². The van der Waals surface area contributed by atoms with Gasteiger partial charge in [0.2, 0.25) is 0 Å². The Morgan fingerprint density at radius 2 is 2.00 bits per heavy atom. The van der Waals surface area contributed by atoms with E-state index in [0.717, 1.165) is 11.1 Å². The quantitative estimate of drug-likeness (QED) is 0.922. The minimum Gasteiger partial charge on any atom is -0.495 e. The lowest BCUT2D eigenvalue weighted by molar-refractivity contribution is 0.174. The van der Waals surface area contributed by atoms with Crippen LogP contribution in [0.4, 0.5) is 0 Å². The van der Waals surface area contributed by atoms with Crippen molar-refractivity contribution in [3.05, 3.63) is 58.9 Å². The lowest BCUT2D eigenvalue weighted by Gasteiger charge is -2.14. The van der Waals surface area contributed by atoms with Gasteiger partial charge >= 0.3 is 0 Å². The van der Waals surface area contributed by atoms with Gasteiger partial charge in [0.05, 0.1) is 19.4 Å². The van der Waals surface area contributed by atoms with Gasteiger partial charge in [0.15, 0.2) is 0 Å². The van der Waals surface area contributed by atoms with E-state index in [1.165, 1.54) is 0 Å². The Morgan fingerprint density at radius 3 is 2.67 bits per heavy atom. The van der Waals surface area contributed by atoms with Crippen LogP contribution in [0.2, 0.25) is 5.02 Å². The minimum absolute atomic E-state index is 0.511. The van der Waals surface area contributed by atoms with Crippen LogP contribution in [-0.2, 0) is 6.42 Å². The molecule has 1 aromatic carbocycles. The molecule has 0 aliphatic carbocycles. The first kappa shape index (κ1) is 12.9. The van der Waals surface area contributed by atoms with Gasteiger partial charge in [0.1, 0.15) is 5.75 Å². The average molecular weight is 264 g/mol. The van der Waals surface area contributed by atoms with Crippen molar-refractivity contribution in [2.45, 2.75) is 12.5 Å². The van der Waals surface area contributed by atoms with Crippen molar-refractivity contribution in [3.63, 3.8) is 0 Å². The lowest BCUT2D eigenvalue weighted by atomic mass is 10.0. The van der Waals surface area contributed by atoms with Gasteiger partial charge in [-0.1, -0.05) is 23.7 Å². The fourth-order valence-electron chi connectivity index (χ4n) is 1.79. The Bertz CT molecular complexity index is 513. The summed E-state index contributed by atoms with van der Waals surface area (Å²) in [7, 11) is 1.57. The standard InChI is InChI=1S/C14H14ClNO2/c1-18-14-9-16-7-6-12(14)13(17)8-10-2-4-11(15)5-3-10/h2-7,9,13,17H,8H2,1H3. The number of ether oxygens (including phenoxy) is 1. The van der Waals surface area contributed by atoms with Gasteiger partial charge in [0, 0.05) is 23.2 Å². The van der Waals surface area contributed by atoms with E-state index < -0.39 is 6.10 Å². The maximum atomic E-state index is 10.2. The number of methoxy groups -OCH3 is 1. The van der Waals surface area contributed by atoms with Crippen molar-refractivity contribution in [3.8, 4) is 5.75 Å². The van der Waals surface area contributed by atoms with E-state index in [4.69, 9.17) is 16.3 Å². The van der Waals surface area contributed by atoms with E-state index in [9.17, 15) is 5.11 Å². The molecular weight excluding hydrogens is 250 g/mol. The van der Waals surface area contributed by atoms with E-state index in [0.29, 0.717) is 17.2 Å². The van der Waals surface area contributed by atoms with Crippen LogP contribution in [0, 0.1) is 0 Å². The Kier molecular flexibility index (Phi) is 4.18. The van der Waals surface area contributed by atoms with Gasteiger partial charge in [-0.3, -0.25) is 4.98 Å². The van der Waals surface area contributed by atoms with E-state index in [1.54, 1.807) is 25.6 Å². The summed E-state index contributed by atoms with van der Waals surface area (Å²) in [4.78, 5) is 3.96. The van der Waals surface area contributed by atoms with Crippen LogP contribution in [0.25, 0.3) is 0 Å². The lowest BCUT2D eigenvalue weighted by Crippen LogP contribution is -2.04. The molecule has 0 saturated heterocycles. The fourth-order valence-corrected chi connectivity index (χ4v) is 1.92. The summed E-state index contributed by atoms with van der Waals surface area (Å²) < 4.78 is 5.18. The maximum absolute atomic E-state index is 10.2. The van der Waals surface area contributed by atoms with Gasteiger partial charge in [-0.25, -0.2) is 0 Å². The highest BCUT2D eigenvalue weighted by Crippen LogP contribution is 2.26. The third-order valence-electron chi connectivity index (χ3n) is 2.74. The van der Waals surface area contributed by atoms with Gasteiger partial charge in [-0.2, -0.15) is 0 Å². The van der Waals surface area contributed by atoms with Crippen LogP contribution in [0.3, 0.4) is 0 Å². The van der Waals surface area contributed by atoms with Crippen molar-refractivity contribution in [1.29, 1.82) is 0 Å². The Morgan fingerprint density at radius 1 is 1.28 bits per heavy atom. The van der Waals surface area contributed by atoms with Crippen LogP contribution in [-0.4, -0.2) is 17.2 Å². The van der Waals surface area contributed by atoms with Crippen LogP contribution < -0.4 is 4.74 Å². The number of aliphatic hydroxyl groups excluding tert-OH is 1. The molecule has 2 aromatic rings. The summed E-state index contributed by atoms with van der Waals surface area (Å²) in [6, 6.07) is 9.19. The van der Waals surface area contributed by atoms with E-state index in [-0.39, 0.29) is 0 Å². The number of benzene rings is 1. The smallest absolute Gasteiger partial charge is 0.142 e. The van der Waals surface area contributed by atoms with E-state index in [1.807, 2.05) is 24.3 Å². The molecule has 0 fully saturated rings. The second-order valence-corrected chi connectivity index (χ2v) is 4.40. The zero-order valence-corrected chi connectivity index (χ0v) is 10.8. The molecular formula is C14H14ClNO2. The molecule has 0 spiro atoms. The number of rotatable bonds is 4. The van der Waals surface area contributed by atoms with E-state index >= 15 is 0 Å². The van der Waals surface area contributed by atoms with Crippen LogP contribution in [0.5, 0.6) is 5.75 Å². The Balaban J connectivity index is 2.16. The number of halogens is 1. The molecule has 0 radical (unpaired) electrons. The normalized spacial score (nSPS) is 12.2. The Hall–Kier alpha value is -1.58. The molecule has 3 nitrogen and oxygen atoms in total. The van der Waals surface area contributed by atoms with Crippen molar-refractivity contribution < 1.29 is 9.84 Å². The second-order valence-electron chi connectivity index (χ2n) is 3.96. The summed E-state index contributed by atoms with van der Waals surface area (Å²) in [6.45, 7) is 0. The third kappa shape index (κ3) is 3.00. The first-order valence-electron chi connectivity index (χ1n) is 5.61. The molecule has 2 rings (SSSR count). The predicted octanol–water partition coefficient (Wildman–Crippen LogP) is 3.02. The van der Waals surface area contributed by atoms with Crippen molar-refractivity contribution in [2.24, 2.45) is 0 Å². The monoisotopic (exact) mass is 263 g/mol. The van der Waals surface area contributed by atoms with Gasteiger partial charge < -0.3 is 9.84 Å². The van der Waals surface area contributed by atoms with E-state index in [2.05, 4.69) is 4.98 Å². The summed E-state index contributed by atoms with van der Waals surface area (Å²) in [5.74, 6) is 0.596. The molecule has 0 saturated carbocycles. The molecule has 0 bridgehead atoms. The number of hydrogen-bond donors (Lipinski definition) is 1. The largest absolute Gasteiger partial charge is 0.495 e. The predicted molar refractivity (Wildman–Crippen MR) is 70.9 cm³/mol. The highest BCUT2D eigenvalue weighted by atomic mass is 35.5. The second kappa shape index (κ2) is 5.85. The third-order valence-corrected chi connectivity index (χ3v) is 2.99. The molecule has 0 amide bonds. The molecule has 1 atom stereocenters. The number of aromatic nitrogens is 1. The first-order chi connectivity index (χ1) is 8.70.